The van der Waals surface area contributed by atoms with Gasteiger partial charge in [0.2, 0.25) is 0 Å². The summed E-state index contributed by atoms with van der Waals surface area (Å²) in [6.07, 6.45) is -0.533. The highest BCUT2D eigenvalue weighted by Gasteiger charge is 2.14. The van der Waals surface area contributed by atoms with E-state index in [-0.39, 0.29) is 5.91 Å². The lowest BCUT2D eigenvalue weighted by molar-refractivity contribution is -0.127. The molecule has 19 heavy (non-hydrogen) atoms. The predicted molar refractivity (Wildman–Crippen MR) is 74.6 cm³/mol. The van der Waals surface area contributed by atoms with E-state index in [4.69, 9.17) is 9.47 Å². The van der Waals surface area contributed by atoms with E-state index in [1.54, 1.807) is 26.2 Å². The van der Waals surface area contributed by atoms with Crippen LogP contribution in [0.2, 0.25) is 0 Å². The van der Waals surface area contributed by atoms with Crippen molar-refractivity contribution >= 4 is 5.91 Å². The Hall–Kier alpha value is -1.75. The van der Waals surface area contributed by atoms with E-state index in [1.165, 1.54) is 0 Å². The maximum atomic E-state index is 11.8. The predicted octanol–water partition coefficient (Wildman–Crippen LogP) is 1.14. The number of amides is 1. The molecule has 0 heterocycles. The number of nitrogens with zero attached hydrogens (tertiary/aromatic N) is 1. The highest BCUT2D eigenvalue weighted by molar-refractivity contribution is 5.80. The van der Waals surface area contributed by atoms with E-state index in [9.17, 15) is 4.79 Å². The molecule has 0 aromatic heterocycles. The summed E-state index contributed by atoms with van der Waals surface area (Å²) in [5, 5.41) is 2.83. The van der Waals surface area contributed by atoms with E-state index < -0.39 is 6.10 Å². The Labute approximate surface area is 114 Å². The summed E-state index contributed by atoms with van der Waals surface area (Å²) in [5.41, 5.74) is 0. The average molecular weight is 266 g/mol. The Bertz CT molecular complexity index is 407. The minimum atomic E-state index is -0.533. The molecule has 0 aliphatic rings. The van der Waals surface area contributed by atoms with Gasteiger partial charge in [0, 0.05) is 19.2 Å². The van der Waals surface area contributed by atoms with Crippen LogP contribution in [-0.2, 0) is 4.79 Å². The van der Waals surface area contributed by atoms with Crippen LogP contribution in [0.3, 0.4) is 0 Å². The molecule has 0 aliphatic carbocycles. The fraction of sp³-hybridized carbons (Fsp3) is 0.500. The molecule has 0 spiro atoms. The van der Waals surface area contributed by atoms with Gasteiger partial charge in [0.05, 0.1) is 7.11 Å². The third-order valence-corrected chi connectivity index (χ3v) is 2.58. The molecule has 1 unspecified atom stereocenters. The van der Waals surface area contributed by atoms with E-state index in [2.05, 4.69) is 5.32 Å². The zero-order chi connectivity index (χ0) is 14.3. The van der Waals surface area contributed by atoms with Crippen LogP contribution in [0.4, 0.5) is 0 Å². The zero-order valence-corrected chi connectivity index (χ0v) is 12.0. The van der Waals surface area contributed by atoms with Crippen molar-refractivity contribution in [1.82, 2.24) is 10.2 Å². The van der Waals surface area contributed by atoms with Gasteiger partial charge >= 0.3 is 0 Å². The van der Waals surface area contributed by atoms with Crippen molar-refractivity contribution < 1.29 is 14.3 Å². The van der Waals surface area contributed by atoms with Gasteiger partial charge in [-0.2, -0.15) is 0 Å². The smallest absolute Gasteiger partial charge is 0.260 e. The first kappa shape index (κ1) is 15.3. The minimum absolute atomic E-state index is 0.121. The Balaban J connectivity index is 2.44. The topological polar surface area (TPSA) is 50.8 Å². The van der Waals surface area contributed by atoms with Gasteiger partial charge in [0.15, 0.2) is 6.10 Å². The fourth-order valence-corrected chi connectivity index (χ4v) is 1.48. The monoisotopic (exact) mass is 266 g/mol. The van der Waals surface area contributed by atoms with Crippen LogP contribution < -0.4 is 14.8 Å². The lowest BCUT2D eigenvalue weighted by Gasteiger charge is -2.16. The molecule has 5 heteroatoms. The molecule has 1 amide bonds. The molecule has 0 radical (unpaired) electrons. The summed E-state index contributed by atoms with van der Waals surface area (Å²) in [6, 6.07) is 7.20. The van der Waals surface area contributed by atoms with Crippen LogP contribution in [-0.4, -0.2) is 51.2 Å². The molecule has 0 saturated carbocycles. The van der Waals surface area contributed by atoms with Crippen LogP contribution in [0.15, 0.2) is 24.3 Å². The molecule has 0 fully saturated rings. The van der Waals surface area contributed by atoms with E-state index in [0.717, 1.165) is 6.54 Å². The third-order valence-electron chi connectivity index (χ3n) is 2.58. The SMILES string of the molecule is COc1cccc(OC(C)C(=O)NCCN(C)C)c1. The summed E-state index contributed by atoms with van der Waals surface area (Å²) in [7, 11) is 5.52. The van der Waals surface area contributed by atoms with E-state index >= 15 is 0 Å². The normalized spacial score (nSPS) is 12.1. The Morgan fingerprint density at radius 3 is 2.68 bits per heavy atom. The van der Waals surface area contributed by atoms with Crippen LogP contribution in [0.25, 0.3) is 0 Å². The maximum absolute atomic E-state index is 11.8. The highest BCUT2D eigenvalue weighted by atomic mass is 16.5. The number of nitrogens with one attached hydrogen (secondary N) is 1. The first-order valence-corrected chi connectivity index (χ1v) is 6.26. The lowest BCUT2D eigenvalue weighted by Crippen LogP contribution is -2.39. The number of hydrogen-bond donors (Lipinski definition) is 1. The largest absolute Gasteiger partial charge is 0.497 e. The highest BCUT2D eigenvalue weighted by Crippen LogP contribution is 2.19. The lowest BCUT2D eigenvalue weighted by atomic mass is 10.3. The molecular formula is C14H22N2O3. The standard InChI is InChI=1S/C14H22N2O3/c1-11(14(17)15-8-9-16(2)3)19-13-7-5-6-12(10-13)18-4/h5-7,10-11H,8-9H2,1-4H3,(H,15,17). The van der Waals surface area contributed by atoms with E-state index in [1.807, 2.05) is 31.1 Å². The second-order valence-corrected chi connectivity index (χ2v) is 4.53. The van der Waals surface area contributed by atoms with Gasteiger partial charge in [0.25, 0.3) is 5.91 Å². The number of hydrogen-bond acceptors (Lipinski definition) is 4. The molecule has 5 nitrogen and oxygen atoms in total. The van der Waals surface area contributed by atoms with Crippen LogP contribution >= 0.6 is 0 Å². The van der Waals surface area contributed by atoms with Crippen molar-refractivity contribution in [2.75, 3.05) is 34.3 Å². The molecule has 1 aromatic carbocycles. The summed E-state index contributed by atoms with van der Waals surface area (Å²) in [5.74, 6) is 1.21. The van der Waals surface area contributed by atoms with Gasteiger partial charge in [-0.15, -0.1) is 0 Å². The summed E-state index contributed by atoms with van der Waals surface area (Å²) >= 11 is 0. The Morgan fingerprint density at radius 1 is 1.37 bits per heavy atom. The average Bonchev–Trinajstić information content (AvgIpc) is 2.38. The van der Waals surface area contributed by atoms with E-state index in [0.29, 0.717) is 18.0 Å². The number of carbonyl (C=O) groups is 1. The number of ether oxygens (including phenoxy) is 2. The van der Waals surface area contributed by atoms with Gasteiger partial charge in [-0.3, -0.25) is 4.79 Å². The van der Waals surface area contributed by atoms with Crippen molar-refractivity contribution in [2.45, 2.75) is 13.0 Å². The van der Waals surface area contributed by atoms with Crippen molar-refractivity contribution in [1.29, 1.82) is 0 Å². The molecule has 1 aromatic rings. The van der Waals surface area contributed by atoms with Crippen LogP contribution in [0.5, 0.6) is 11.5 Å². The molecule has 1 rings (SSSR count). The second-order valence-electron chi connectivity index (χ2n) is 4.53. The van der Waals surface area contributed by atoms with Crippen LogP contribution in [0, 0.1) is 0 Å². The van der Waals surface area contributed by atoms with Crippen molar-refractivity contribution in [3.05, 3.63) is 24.3 Å². The molecule has 1 atom stereocenters. The zero-order valence-electron chi connectivity index (χ0n) is 12.0. The second kappa shape index (κ2) is 7.63. The van der Waals surface area contributed by atoms with Gasteiger partial charge in [-0.25, -0.2) is 0 Å². The Kier molecular flexibility index (Phi) is 6.15. The molecule has 106 valence electrons. The maximum Gasteiger partial charge on any atom is 0.260 e. The summed E-state index contributed by atoms with van der Waals surface area (Å²) in [6.45, 7) is 3.14. The molecule has 0 aliphatic heterocycles. The van der Waals surface area contributed by atoms with Crippen molar-refractivity contribution in [2.24, 2.45) is 0 Å². The van der Waals surface area contributed by atoms with Gasteiger partial charge in [0.1, 0.15) is 11.5 Å². The summed E-state index contributed by atoms with van der Waals surface area (Å²) < 4.78 is 10.7. The molecule has 1 N–H and O–H groups in total. The molecule has 0 saturated heterocycles. The van der Waals surface area contributed by atoms with Crippen LogP contribution in [0.1, 0.15) is 6.92 Å². The Morgan fingerprint density at radius 2 is 2.05 bits per heavy atom. The number of benzene rings is 1. The van der Waals surface area contributed by atoms with Crippen molar-refractivity contribution in [3.63, 3.8) is 0 Å². The fourth-order valence-electron chi connectivity index (χ4n) is 1.48. The quantitative estimate of drug-likeness (QED) is 0.804. The van der Waals surface area contributed by atoms with Crippen molar-refractivity contribution in [3.8, 4) is 11.5 Å². The number of rotatable bonds is 7. The van der Waals surface area contributed by atoms with Gasteiger partial charge in [-0.1, -0.05) is 6.07 Å². The first-order chi connectivity index (χ1) is 9.02. The molecular weight excluding hydrogens is 244 g/mol. The first-order valence-electron chi connectivity index (χ1n) is 6.26. The minimum Gasteiger partial charge on any atom is -0.497 e. The van der Waals surface area contributed by atoms with Gasteiger partial charge in [-0.05, 0) is 33.2 Å². The number of likely N-dealkylation sites (N-methyl/N-ethyl adjacent to an activating group) is 1. The summed E-state index contributed by atoms with van der Waals surface area (Å²) in [4.78, 5) is 13.8. The number of carbonyl (C=O) groups excluding carboxylic acids is 1. The third kappa shape index (κ3) is 5.61. The number of methoxy groups -OCH3 is 1. The van der Waals surface area contributed by atoms with Gasteiger partial charge < -0.3 is 19.7 Å². The molecule has 0 bridgehead atoms.